The van der Waals surface area contributed by atoms with E-state index in [2.05, 4.69) is 17.3 Å². The molecule has 0 radical (unpaired) electrons. The number of amides is 1. The molecule has 0 aliphatic heterocycles. The molecule has 1 aromatic carbocycles. The SMILES string of the molecule is C#CCONC(=O)C(CC)(OCC#C)c1ccccc1. The van der Waals surface area contributed by atoms with Crippen LogP contribution in [0.1, 0.15) is 18.9 Å². The van der Waals surface area contributed by atoms with Crippen LogP contribution in [0.15, 0.2) is 30.3 Å². The van der Waals surface area contributed by atoms with Crippen LogP contribution in [0.2, 0.25) is 0 Å². The quantitative estimate of drug-likeness (QED) is 0.466. The standard InChI is InChI=1S/C16H17NO3/c1-4-12-19-16(6-3,14-10-8-7-9-11-14)15(18)17-20-13-5-2/h1-2,7-11H,6,12-13H2,3H3,(H,17,18). The van der Waals surface area contributed by atoms with Gasteiger partial charge in [0.25, 0.3) is 5.91 Å². The number of hydrogen-bond acceptors (Lipinski definition) is 3. The number of nitrogens with one attached hydrogen (secondary N) is 1. The van der Waals surface area contributed by atoms with Crippen molar-refractivity contribution in [2.45, 2.75) is 18.9 Å². The lowest BCUT2D eigenvalue weighted by Crippen LogP contribution is -2.46. The Hall–Kier alpha value is -2.27. The molecular formula is C16H17NO3. The molecule has 0 heterocycles. The third-order valence-corrected chi connectivity index (χ3v) is 2.83. The zero-order valence-corrected chi connectivity index (χ0v) is 11.4. The number of carbonyl (C=O) groups is 1. The largest absolute Gasteiger partial charge is 0.348 e. The summed E-state index contributed by atoms with van der Waals surface area (Å²) in [6.45, 7) is 1.84. The molecule has 0 saturated carbocycles. The van der Waals surface area contributed by atoms with Crippen molar-refractivity contribution in [2.24, 2.45) is 0 Å². The Labute approximate surface area is 119 Å². The molecule has 20 heavy (non-hydrogen) atoms. The molecule has 104 valence electrons. The summed E-state index contributed by atoms with van der Waals surface area (Å²) in [7, 11) is 0. The van der Waals surface area contributed by atoms with Crippen LogP contribution in [-0.4, -0.2) is 19.1 Å². The van der Waals surface area contributed by atoms with Crippen LogP contribution >= 0.6 is 0 Å². The van der Waals surface area contributed by atoms with Crippen molar-refractivity contribution in [3.63, 3.8) is 0 Å². The van der Waals surface area contributed by atoms with Gasteiger partial charge in [0.2, 0.25) is 0 Å². The fraction of sp³-hybridized carbons (Fsp3) is 0.312. The first kappa shape index (κ1) is 15.8. The normalized spacial score (nSPS) is 12.8. The molecule has 0 fully saturated rings. The van der Waals surface area contributed by atoms with E-state index in [1.165, 1.54) is 0 Å². The van der Waals surface area contributed by atoms with Crippen molar-refractivity contribution in [2.75, 3.05) is 13.2 Å². The minimum absolute atomic E-state index is 0.0184. The molecule has 1 atom stereocenters. The van der Waals surface area contributed by atoms with E-state index in [0.717, 1.165) is 0 Å². The first-order chi connectivity index (χ1) is 9.71. The number of hydroxylamine groups is 1. The Morgan fingerprint density at radius 2 is 1.90 bits per heavy atom. The van der Waals surface area contributed by atoms with Crippen molar-refractivity contribution in [1.29, 1.82) is 0 Å². The van der Waals surface area contributed by atoms with Gasteiger partial charge in [0.05, 0.1) is 0 Å². The second-order valence-corrected chi connectivity index (χ2v) is 3.96. The summed E-state index contributed by atoms with van der Waals surface area (Å²) in [5.41, 5.74) is 1.82. The van der Waals surface area contributed by atoms with Gasteiger partial charge >= 0.3 is 0 Å². The molecule has 0 bridgehead atoms. The summed E-state index contributed by atoms with van der Waals surface area (Å²) in [5, 5.41) is 0. The molecule has 0 aliphatic rings. The van der Waals surface area contributed by atoms with E-state index in [4.69, 9.17) is 22.4 Å². The number of ether oxygens (including phenoxy) is 1. The molecule has 1 unspecified atom stereocenters. The first-order valence-corrected chi connectivity index (χ1v) is 6.20. The second-order valence-electron chi connectivity index (χ2n) is 3.96. The maximum Gasteiger partial charge on any atom is 0.280 e. The highest BCUT2D eigenvalue weighted by Gasteiger charge is 2.40. The summed E-state index contributed by atoms with van der Waals surface area (Å²) in [5.74, 6) is 4.21. The molecule has 1 amide bonds. The minimum atomic E-state index is -1.19. The number of benzene rings is 1. The second kappa shape index (κ2) is 8.01. The molecule has 1 N–H and O–H groups in total. The van der Waals surface area contributed by atoms with Crippen LogP contribution in [-0.2, 0) is 20.0 Å². The van der Waals surface area contributed by atoms with Crippen molar-refractivity contribution in [3.05, 3.63) is 35.9 Å². The highest BCUT2D eigenvalue weighted by molar-refractivity contribution is 5.85. The van der Waals surface area contributed by atoms with Crippen molar-refractivity contribution in [3.8, 4) is 24.7 Å². The number of hydrogen-bond donors (Lipinski definition) is 1. The van der Waals surface area contributed by atoms with Crippen LogP contribution in [0.5, 0.6) is 0 Å². The fourth-order valence-corrected chi connectivity index (χ4v) is 1.84. The topological polar surface area (TPSA) is 47.6 Å². The number of rotatable bonds is 7. The third-order valence-electron chi connectivity index (χ3n) is 2.83. The monoisotopic (exact) mass is 271 g/mol. The lowest BCUT2D eigenvalue weighted by molar-refractivity contribution is -0.159. The van der Waals surface area contributed by atoms with Gasteiger partial charge in [0.1, 0.15) is 13.2 Å². The maximum atomic E-state index is 12.4. The first-order valence-electron chi connectivity index (χ1n) is 6.20. The predicted molar refractivity (Wildman–Crippen MR) is 76.1 cm³/mol. The molecule has 0 aliphatic carbocycles. The molecule has 1 rings (SSSR count). The lowest BCUT2D eigenvalue weighted by atomic mass is 9.90. The van der Waals surface area contributed by atoms with Gasteiger partial charge in [-0.25, -0.2) is 5.48 Å². The van der Waals surface area contributed by atoms with Gasteiger partial charge in [-0.2, -0.15) is 0 Å². The Bertz CT molecular complexity index is 513. The van der Waals surface area contributed by atoms with Crippen LogP contribution in [0, 0.1) is 24.7 Å². The third kappa shape index (κ3) is 3.61. The zero-order chi connectivity index (χ0) is 14.8. The van der Waals surface area contributed by atoms with Crippen molar-refractivity contribution >= 4 is 5.91 Å². The van der Waals surface area contributed by atoms with E-state index in [-0.39, 0.29) is 13.2 Å². The van der Waals surface area contributed by atoms with Gasteiger partial charge < -0.3 is 4.74 Å². The predicted octanol–water partition coefficient (Wildman–Crippen LogP) is 1.62. The van der Waals surface area contributed by atoms with Crippen LogP contribution < -0.4 is 5.48 Å². The van der Waals surface area contributed by atoms with Gasteiger partial charge in [-0.15, -0.1) is 12.8 Å². The highest BCUT2D eigenvalue weighted by atomic mass is 16.7. The highest BCUT2D eigenvalue weighted by Crippen LogP contribution is 2.29. The zero-order valence-electron chi connectivity index (χ0n) is 11.4. The van der Waals surface area contributed by atoms with Crippen LogP contribution in [0.25, 0.3) is 0 Å². The maximum absolute atomic E-state index is 12.4. The van der Waals surface area contributed by atoms with E-state index in [0.29, 0.717) is 12.0 Å². The molecule has 0 saturated heterocycles. The molecule has 1 aromatic rings. The molecule has 0 aromatic heterocycles. The Morgan fingerprint density at radius 3 is 2.45 bits per heavy atom. The van der Waals surface area contributed by atoms with Crippen molar-refractivity contribution < 1.29 is 14.4 Å². The van der Waals surface area contributed by atoms with E-state index >= 15 is 0 Å². The molecular weight excluding hydrogens is 254 g/mol. The van der Waals surface area contributed by atoms with Gasteiger partial charge in [0.15, 0.2) is 5.60 Å². The van der Waals surface area contributed by atoms with E-state index in [1.54, 1.807) is 12.1 Å². The number of carbonyl (C=O) groups excluding carboxylic acids is 1. The van der Waals surface area contributed by atoms with Gasteiger partial charge in [-0.05, 0) is 12.0 Å². The van der Waals surface area contributed by atoms with E-state index in [9.17, 15) is 4.79 Å². The van der Waals surface area contributed by atoms with E-state index in [1.807, 2.05) is 25.1 Å². The Kier molecular flexibility index (Phi) is 6.32. The fourth-order valence-electron chi connectivity index (χ4n) is 1.84. The smallest absolute Gasteiger partial charge is 0.280 e. The van der Waals surface area contributed by atoms with Gasteiger partial charge in [-0.1, -0.05) is 49.1 Å². The lowest BCUT2D eigenvalue weighted by Gasteiger charge is -2.30. The van der Waals surface area contributed by atoms with Gasteiger partial charge in [0, 0.05) is 0 Å². The Balaban J connectivity index is 3.03. The van der Waals surface area contributed by atoms with Crippen LogP contribution in [0.3, 0.4) is 0 Å². The summed E-state index contributed by atoms with van der Waals surface area (Å²) >= 11 is 0. The summed E-state index contributed by atoms with van der Waals surface area (Å²) < 4.78 is 5.63. The summed E-state index contributed by atoms with van der Waals surface area (Å²) in [4.78, 5) is 17.3. The van der Waals surface area contributed by atoms with Gasteiger partial charge in [-0.3, -0.25) is 9.63 Å². The number of terminal acetylenes is 2. The van der Waals surface area contributed by atoms with Crippen molar-refractivity contribution in [1.82, 2.24) is 5.48 Å². The Morgan fingerprint density at radius 1 is 1.25 bits per heavy atom. The van der Waals surface area contributed by atoms with Crippen LogP contribution in [0.4, 0.5) is 0 Å². The molecule has 0 spiro atoms. The van der Waals surface area contributed by atoms with E-state index < -0.39 is 11.5 Å². The summed E-state index contributed by atoms with van der Waals surface area (Å²) in [6.07, 6.45) is 10.7. The molecule has 4 nitrogen and oxygen atoms in total. The average molecular weight is 271 g/mol. The molecule has 4 heteroatoms. The minimum Gasteiger partial charge on any atom is -0.348 e. The average Bonchev–Trinajstić information content (AvgIpc) is 2.50. The summed E-state index contributed by atoms with van der Waals surface area (Å²) in [6, 6.07) is 9.13.